The normalized spacial score (nSPS) is 24.1. The highest BCUT2D eigenvalue weighted by Crippen LogP contribution is 2.19. The minimum Gasteiger partial charge on any atom is -0.338 e. The molecule has 22 heavy (non-hydrogen) atoms. The summed E-state index contributed by atoms with van der Waals surface area (Å²) in [6, 6.07) is 2.75. The van der Waals surface area contributed by atoms with E-state index < -0.39 is 0 Å². The van der Waals surface area contributed by atoms with Crippen molar-refractivity contribution in [2.75, 3.05) is 39.3 Å². The largest absolute Gasteiger partial charge is 0.338 e. The van der Waals surface area contributed by atoms with Crippen LogP contribution >= 0.6 is 11.3 Å². The summed E-state index contributed by atoms with van der Waals surface area (Å²) < 4.78 is 5.40. The molecule has 1 atom stereocenters. The lowest BCUT2D eigenvalue weighted by Gasteiger charge is -2.37. The van der Waals surface area contributed by atoms with Crippen molar-refractivity contribution in [1.82, 2.24) is 25.3 Å². The second-order valence-electron chi connectivity index (χ2n) is 5.98. The van der Waals surface area contributed by atoms with E-state index in [0.717, 1.165) is 63.3 Å². The van der Waals surface area contributed by atoms with E-state index in [-0.39, 0.29) is 0 Å². The highest BCUT2D eigenvalue weighted by atomic mass is 32.1. The van der Waals surface area contributed by atoms with Gasteiger partial charge in [0, 0.05) is 49.7 Å². The minimum absolute atomic E-state index is 0.701. The fourth-order valence-corrected chi connectivity index (χ4v) is 3.89. The zero-order valence-electron chi connectivity index (χ0n) is 12.6. The zero-order valence-corrected chi connectivity index (χ0v) is 13.4. The minimum atomic E-state index is 0.701. The van der Waals surface area contributed by atoms with Crippen LogP contribution in [0, 0.1) is 0 Å². The molecule has 1 N–H and O–H groups in total. The first-order valence-electron chi connectivity index (χ1n) is 7.91. The van der Waals surface area contributed by atoms with Gasteiger partial charge in [-0.15, -0.1) is 0 Å². The summed E-state index contributed by atoms with van der Waals surface area (Å²) in [5.74, 6) is 1.42. The van der Waals surface area contributed by atoms with Gasteiger partial charge in [-0.1, -0.05) is 5.16 Å². The number of aromatic nitrogens is 2. The fourth-order valence-electron chi connectivity index (χ4n) is 3.26. The molecular formula is C15H21N5OS. The molecule has 2 aromatic heterocycles. The van der Waals surface area contributed by atoms with Crippen molar-refractivity contribution in [3.05, 3.63) is 22.7 Å². The van der Waals surface area contributed by atoms with Crippen molar-refractivity contribution in [3.8, 4) is 11.4 Å². The van der Waals surface area contributed by atoms with Gasteiger partial charge in [0.05, 0.1) is 6.54 Å². The molecule has 2 aliphatic heterocycles. The topological polar surface area (TPSA) is 57.4 Å². The SMILES string of the molecule is c1cc(-c2noc(CN3CCN(C4CCNC4)CC3)n2)cs1. The summed E-state index contributed by atoms with van der Waals surface area (Å²) in [4.78, 5) is 9.53. The van der Waals surface area contributed by atoms with Crippen LogP contribution in [0.15, 0.2) is 21.3 Å². The van der Waals surface area contributed by atoms with Gasteiger partial charge in [0.25, 0.3) is 0 Å². The van der Waals surface area contributed by atoms with E-state index in [4.69, 9.17) is 4.52 Å². The van der Waals surface area contributed by atoms with Crippen molar-refractivity contribution >= 4 is 11.3 Å². The molecule has 2 aliphatic rings. The summed E-state index contributed by atoms with van der Waals surface area (Å²) in [6.45, 7) is 7.49. The average Bonchev–Trinajstić information content (AvgIpc) is 3.30. The van der Waals surface area contributed by atoms with E-state index in [1.165, 1.54) is 6.42 Å². The van der Waals surface area contributed by atoms with Crippen LogP contribution in [-0.4, -0.2) is 65.3 Å². The summed E-state index contributed by atoms with van der Waals surface area (Å²) in [5.41, 5.74) is 1.04. The maximum Gasteiger partial charge on any atom is 0.241 e. The highest BCUT2D eigenvalue weighted by molar-refractivity contribution is 7.08. The molecule has 0 bridgehead atoms. The van der Waals surface area contributed by atoms with E-state index in [1.54, 1.807) is 11.3 Å². The Kier molecular flexibility index (Phi) is 4.20. The molecule has 0 aliphatic carbocycles. The third kappa shape index (κ3) is 3.08. The van der Waals surface area contributed by atoms with Crippen LogP contribution in [0.3, 0.4) is 0 Å². The molecule has 0 spiro atoms. The van der Waals surface area contributed by atoms with Crippen LogP contribution < -0.4 is 5.32 Å². The Bertz CT molecular complexity index is 585. The van der Waals surface area contributed by atoms with Gasteiger partial charge in [-0.3, -0.25) is 9.80 Å². The van der Waals surface area contributed by atoms with Crippen LogP contribution in [0.4, 0.5) is 0 Å². The smallest absolute Gasteiger partial charge is 0.241 e. The fraction of sp³-hybridized carbons (Fsp3) is 0.600. The van der Waals surface area contributed by atoms with Gasteiger partial charge in [-0.2, -0.15) is 16.3 Å². The molecule has 6 nitrogen and oxygen atoms in total. The molecule has 4 rings (SSSR count). The van der Waals surface area contributed by atoms with Gasteiger partial charge in [0.15, 0.2) is 0 Å². The Balaban J connectivity index is 1.31. The molecule has 4 heterocycles. The number of hydrogen-bond donors (Lipinski definition) is 1. The quantitative estimate of drug-likeness (QED) is 0.916. The van der Waals surface area contributed by atoms with Crippen molar-refractivity contribution in [2.24, 2.45) is 0 Å². The lowest BCUT2D eigenvalue weighted by atomic mass is 10.2. The van der Waals surface area contributed by atoms with Crippen LogP contribution in [0.2, 0.25) is 0 Å². The average molecular weight is 319 g/mol. The molecule has 0 saturated carbocycles. The van der Waals surface area contributed by atoms with Gasteiger partial charge in [0.1, 0.15) is 0 Å². The van der Waals surface area contributed by atoms with Crippen molar-refractivity contribution in [2.45, 2.75) is 19.0 Å². The first kappa shape index (κ1) is 14.3. The van der Waals surface area contributed by atoms with Crippen molar-refractivity contribution in [3.63, 3.8) is 0 Å². The third-order valence-electron chi connectivity index (χ3n) is 4.56. The number of thiophene rings is 1. The number of piperazine rings is 1. The molecule has 2 fully saturated rings. The second kappa shape index (κ2) is 6.45. The zero-order chi connectivity index (χ0) is 14.8. The van der Waals surface area contributed by atoms with E-state index >= 15 is 0 Å². The van der Waals surface area contributed by atoms with Crippen LogP contribution in [-0.2, 0) is 6.54 Å². The van der Waals surface area contributed by atoms with Gasteiger partial charge >= 0.3 is 0 Å². The summed E-state index contributed by atoms with van der Waals surface area (Å²) >= 11 is 1.65. The van der Waals surface area contributed by atoms with Gasteiger partial charge < -0.3 is 9.84 Å². The Labute approximate surface area is 134 Å². The Morgan fingerprint density at radius 2 is 2.23 bits per heavy atom. The Hall–Kier alpha value is -1.28. The first-order chi connectivity index (χ1) is 10.9. The van der Waals surface area contributed by atoms with E-state index in [9.17, 15) is 0 Å². The summed E-state index contributed by atoms with van der Waals surface area (Å²) in [5, 5.41) is 11.6. The van der Waals surface area contributed by atoms with Crippen LogP contribution in [0.5, 0.6) is 0 Å². The molecule has 7 heteroatoms. The maximum absolute atomic E-state index is 5.40. The maximum atomic E-state index is 5.40. The monoisotopic (exact) mass is 319 g/mol. The Morgan fingerprint density at radius 3 is 2.95 bits per heavy atom. The molecule has 0 radical (unpaired) electrons. The number of hydrogen-bond acceptors (Lipinski definition) is 7. The molecule has 0 aromatic carbocycles. The first-order valence-corrected chi connectivity index (χ1v) is 8.85. The summed E-state index contributed by atoms with van der Waals surface area (Å²) in [7, 11) is 0. The molecule has 118 valence electrons. The van der Waals surface area contributed by atoms with E-state index in [0.29, 0.717) is 5.82 Å². The number of nitrogens with zero attached hydrogens (tertiary/aromatic N) is 4. The highest BCUT2D eigenvalue weighted by Gasteiger charge is 2.26. The van der Waals surface area contributed by atoms with Gasteiger partial charge in [0.2, 0.25) is 11.7 Å². The molecule has 2 saturated heterocycles. The lowest BCUT2D eigenvalue weighted by molar-refractivity contribution is 0.0908. The van der Waals surface area contributed by atoms with Crippen LogP contribution in [0.1, 0.15) is 12.3 Å². The predicted molar refractivity (Wildman–Crippen MR) is 85.7 cm³/mol. The van der Waals surface area contributed by atoms with E-state index in [1.807, 2.05) is 16.8 Å². The van der Waals surface area contributed by atoms with E-state index in [2.05, 4.69) is 25.3 Å². The molecule has 0 amide bonds. The molecule has 1 unspecified atom stereocenters. The Morgan fingerprint density at radius 1 is 1.32 bits per heavy atom. The number of nitrogens with one attached hydrogen (secondary N) is 1. The second-order valence-corrected chi connectivity index (χ2v) is 6.76. The molecular weight excluding hydrogens is 298 g/mol. The number of rotatable bonds is 4. The van der Waals surface area contributed by atoms with Crippen LogP contribution in [0.25, 0.3) is 11.4 Å². The predicted octanol–water partition coefficient (Wildman–Crippen LogP) is 1.28. The van der Waals surface area contributed by atoms with Crippen molar-refractivity contribution in [1.29, 1.82) is 0 Å². The molecule has 2 aromatic rings. The lowest BCUT2D eigenvalue weighted by Crippen LogP contribution is -2.50. The third-order valence-corrected chi connectivity index (χ3v) is 5.25. The van der Waals surface area contributed by atoms with Crippen molar-refractivity contribution < 1.29 is 4.52 Å². The standard InChI is InChI=1S/C15H21N5OS/c1-3-16-9-13(1)20-6-4-19(5-7-20)10-14-17-15(18-21-14)12-2-8-22-11-12/h2,8,11,13,16H,1,3-7,9-10H2. The summed E-state index contributed by atoms with van der Waals surface area (Å²) in [6.07, 6.45) is 1.29. The van der Waals surface area contributed by atoms with Gasteiger partial charge in [-0.05, 0) is 24.4 Å². The van der Waals surface area contributed by atoms with Gasteiger partial charge in [-0.25, -0.2) is 0 Å².